The summed E-state index contributed by atoms with van der Waals surface area (Å²) >= 11 is 2.33. The van der Waals surface area contributed by atoms with Crippen LogP contribution in [0.15, 0.2) is 24.3 Å². The summed E-state index contributed by atoms with van der Waals surface area (Å²) in [5.74, 6) is 0.243. The number of ether oxygens (including phenoxy) is 1. The Labute approximate surface area is 147 Å². The number of hydrogen-bond donors (Lipinski definition) is 1. The standard InChI is InChI=1S/C18H27IO3/c1-2-16-14-12-15(19)18(21)13(14)10-8-6-4-3-5-7-9-11-17(20)22-16/h3-4,8,10,13-16,18,21H,2,5-7,9,11-12H2,1H3/b4-3-,10-8-/t13-,14+,15+,16-,18+/m0/s1. The van der Waals surface area contributed by atoms with Crippen LogP contribution >= 0.6 is 22.6 Å². The van der Waals surface area contributed by atoms with E-state index in [1.54, 1.807) is 0 Å². The molecular weight excluding hydrogens is 391 g/mol. The highest BCUT2D eigenvalue weighted by molar-refractivity contribution is 14.1. The number of esters is 1. The van der Waals surface area contributed by atoms with Gasteiger partial charge < -0.3 is 9.84 Å². The average Bonchev–Trinajstić information content (AvgIpc) is 2.78. The number of allylic oxidation sites excluding steroid dienone is 3. The minimum atomic E-state index is -0.341. The summed E-state index contributed by atoms with van der Waals surface area (Å²) in [6.07, 6.45) is 14.3. The van der Waals surface area contributed by atoms with Gasteiger partial charge in [-0.3, -0.25) is 4.79 Å². The van der Waals surface area contributed by atoms with Crippen LogP contribution in [-0.2, 0) is 9.53 Å². The molecule has 4 heteroatoms. The van der Waals surface area contributed by atoms with Gasteiger partial charge in [-0.1, -0.05) is 53.8 Å². The molecule has 2 rings (SSSR count). The number of carbonyl (C=O) groups excluding carboxylic acids is 1. The minimum absolute atomic E-state index is 0.0740. The third-order valence-corrected chi connectivity index (χ3v) is 5.96. The SMILES string of the molecule is CC[C@@H]1OC(=O)CCCC/C=C\C/C=C\[C@@H]2[C@@H](O)[C@H](I)C[C@H]21. The van der Waals surface area contributed by atoms with E-state index in [0.717, 1.165) is 38.5 Å². The number of cyclic esters (lactones) is 1. The van der Waals surface area contributed by atoms with Crippen LogP contribution < -0.4 is 0 Å². The highest BCUT2D eigenvalue weighted by Crippen LogP contribution is 2.41. The first-order valence-electron chi connectivity index (χ1n) is 8.46. The smallest absolute Gasteiger partial charge is 0.306 e. The van der Waals surface area contributed by atoms with Crippen LogP contribution in [0, 0.1) is 11.8 Å². The van der Waals surface area contributed by atoms with Crippen molar-refractivity contribution in [2.75, 3.05) is 0 Å². The molecule has 2 aliphatic rings. The molecule has 22 heavy (non-hydrogen) atoms. The van der Waals surface area contributed by atoms with E-state index in [1.165, 1.54) is 0 Å². The maximum atomic E-state index is 12.1. The van der Waals surface area contributed by atoms with Crippen LogP contribution in [0.4, 0.5) is 0 Å². The molecular formula is C18H27IO3. The topological polar surface area (TPSA) is 46.5 Å². The second kappa shape index (κ2) is 9.06. The van der Waals surface area contributed by atoms with Crippen molar-refractivity contribution < 1.29 is 14.6 Å². The number of fused-ring (bicyclic) bond motifs is 1. The average molecular weight is 418 g/mol. The first-order valence-corrected chi connectivity index (χ1v) is 9.71. The van der Waals surface area contributed by atoms with Gasteiger partial charge in [-0.05, 0) is 38.5 Å². The zero-order chi connectivity index (χ0) is 15.9. The lowest BCUT2D eigenvalue weighted by Crippen LogP contribution is -2.31. The van der Waals surface area contributed by atoms with Gasteiger partial charge in [0.05, 0.1) is 6.10 Å². The summed E-state index contributed by atoms with van der Waals surface area (Å²) in [6.45, 7) is 2.07. The fourth-order valence-electron chi connectivity index (χ4n) is 3.47. The van der Waals surface area contributed by atoms with E-state index in [-0.39, 0.29) is 33.9 Å². The molecule has 0 unspecified atom stereocenters. The predicted molar refractivity (Wildman–Crippen MR) is 96.9 cm³/mol. The number of aliphatic hydroxyl groups is 1. The zero-order valence-corrected chi connectivity index (χ0v) is 15.4. The second-order valence-corrected chi connectivity index (χ2v) is 7.90. The summed E-state index contributed by atoms with van der Waals surface area (Å²) in [7, 11) is 0. The molecule has 0 amide bonds. The maximum absolute atomic E-state index is 12.1. The molecule has 3 nitrogen and oxygen atoms in total. The highest BCUT2D eigenvalue weighted by atomic mass is 127. The molecule has 1 aliphatic heterocycles. The van der Waals surface area contributed by atoms with Crippen molar-refractivity contribution in [3.63, 3.8) is 0 Å². The van der Waals surface area contributed by atoms with Crippen LogP contribution in [0.3, 0.4) is 0 Å². The molecule has 0 radical (unpaired) electrons. The largest absolute Gasteiger partial charge is 0.462 e. The molecule has 0 aromatic carbocycles. The molecule has 0 aromatic heterocycles. The van der Waals surface area contributed by atoms with E-state index in [1.807, 2.05) is 0 Å². The van der Waals surface area contributed by atoms with Gasteiger partial charge in [-0.15, -0.1) is 0 Å². The lowest BCUT2D eigenvalue weighted by atomic mass is 9.88. The van der Waals surface area contributed by atoms with Crippen LogP contribution in [-0.4, -0.2) is 27.2 Å². The van der Waals surface area contributed by atoms with E-state index < -0.39 is 0 Å². The molecule has 0 spiro atoms. The Hall–Kier alpha value is -0.360. The van der Waals surface area contributed by atoms with Crippen LogP contribution in [0.1, 0.15) is 51.9 Å². The molecule has 1 heterocycles. The van der Waals surface area contributed by atoms with Gasteiger partial charge >= 0.3 is 5.97 Å². The van der Waals surface area contributed by atoms with Gasteiger partial charge in [-0.2, -0.15) is 0 Å². The van der Waals surface area contributed by atoms with Crippen LogP contribution in [0.25, 0.3) is 0 Å². The van der Waals surface area contributed by atoms with E-state index in [2.05, 4.69) is 53.8 Å². The van der Waals surface area contributed by atoms with Crippen molar-refractivity contribution in [3.8, 4) is 0 Å². The molecule has 1 saturated carbocycles. The van der Waals surface area contributed by atoms with Gasteiger partial charge in [-0.25, -0.2) is 0 Å². The summed E-state index contributed by atoms with van der Waals surface area (Å²) in [4.78, 5) is 12.1. The van der Waals surface area contributed by atoms with Crippen molar-refractivity contribution >= 4 is 28.6 Å². The molecule has 124 valence electrons. The molecule has 0 bridgehead atoms. The highest BCUT2D eigenvalue weighted by Gasteiger charge is 2.44. The predicted octanol–water partition coefficient (Wildman–Crippen LogP) is 4.19. The maximum Gasteiger partial charge on any atom is 0.306 e. The fourth-order valence-corrected chi connectivity index (χ4v) is 4.53. The number of aliphatic hydroxyl groups excluding tert-OH is 1. The summed E-state index contributed by atoms with van der Waals surface area (Å²) in [6, 6.07) is 0. The van der Waals surface area contributed by atoms with Gasteiger partial charge in [0.25, 0.3) is 0 Å². The van der Waals surface area contributed by atoms with Crippen LogP contribution in [0.2, 0.25) is 0 Å². The Bertz CT molecular complexity index is 419. The summed E-state index contributed by atoms with van der Waals surface area (Å²) in [5.41, 5.74) is 0. The Kier molecular flexibility index (Phi) is 7.41. The van der Waals surface area contributed by atoms with E-state index in [0.29, 0.717) is 6.42 Å². The Morgan fingerprint density at radius 1 is 1.32 bits per heavy atom. The molecule has 1 aliphatic carbocycles. The molecule has 1 fully saturated rings. The minimum Gasteiger partial charge on any atom is -0.462 e. The monoisotopic (exact) mass is 418 g/mol. The van der Waals surface area contributed by atoms with Gasteiger partial charge in [0.1, 0.15) is 6.10 Å². The fraction of sp³-hybridized carbons (Fsp3) is 0.722. The Balaban J connectivity index is 2.16. The number of hydrogen-bond acceptors (Lipinski definition) is 3. The van der Waals surface area contributed by atoms with Crippen molar-refractivity contribution in [1.82, 2.24) is 0 Å². The normalized spacial score (nSPS) is 40.3. The Morgan fingerprint density at radius 3 is 2.91 bits per heavy atom. The molecule has 1 N–H and O–H groups in total. The first-order chi connectivity index (χ1) is 10.6. The van der Waals surface area contributed by atoms with Gasteiger partial charge in [0, 0.05) is 22.2 Å². The zero-order valence-electron chi connectivity index (χ0n) is 13.3. The third kappa shape index (κ3) is 4.82. The van der Waals surface area contributed by atoms with E-state index >= 15 is 0 Å². The van der Waals surface area contributed by atoms with Crippen LogP contribution in [0.5, 0.6) is 0 Å². The molecule has 0 aromatic rings. The summed E-state index contributed by atoms with van der Waals surface area (Å²) in [5, 5.41) is 10.5. The lowest BCUT2D eigenvalue weighted by molar-refractivity contribution is -0.153. The number of rotatable bonds is 1. The third-order valence-electron chi connectivity index (χ3n) is 4.72. The lowest BCUT2D eigenvalue weighted by Gasteiger charge is -2.27. The Morgan fingerprint density at radius 2 is 2.14 bits per heavy atom. The van der Waals surface area contributed by atoms with Gasteiger partial charge in [0.15, 0.2) is 0 Å². The molecule has 5 atom stereocenters. The quantitative estimate of drug-likeness (QED) is 0.301. The van der Waals surface area contributed by atoms with Crippen molar-refractivity contribution in [3.05, 3.63) is 24.3 Å². The van der Waals surface area contributed by atoms with Crippen molar-refractivity contribution in [2.24, 2.45) is 11.8 Å². The van der Waals surface area contributed by atoms with E-state index in [4.69, 9.17) is 4.74 Å². The second-order valence-electron chi connectivity index (χ2n) is 6.30. The summed E-state index contributed by atoms with van der Waals surface area (Å²) < 4.78 is 5.98. The number of carbonyl (C=O) groups is 1. The molecule has 0 saturated heterocycles. The van der Waals surface area contributed by atoms with Crippen molar-refractivity contribution in [2.45, 2.75) is 68.0 Å². The van der Waals surface area contributed by atoms with Gasteiger partial charge in [0.2, 0.25) is 0 Å². The van der Waals surface area contributed by atoms with E-state index in [9.17, 15) is 9.90 Å². The number of halogens is 1. The van der Waals surface area contributed by atoms with Crippen molar-refractivity contribution in [1.29, 1.82) is 0 Å². The number of alkyl halides is 1. The first kappa shape index (κ1) is 18.0.